The van der Waals surface area contributed by atoms with E-state index in [-0.39, 0.29) is 23.9 Å². The first-order chi connectivity index (χ1) is 16.1. The average molecular weight is 452 g/mol. The predicted molar refractivity (Wildman–Crippen MR) is 128 cm³/mol. The van der Waals surface area contributed by atoms with Crippen molar-refractivity contribution >= 4 is 23.6 Å². The van der Waals surface area contributed by atoms with Crippen LogP contribution in [-0.2, 0) is 4.79 Å². The molecule has 2 heterocycles. The Morgan fingerprint density at radius 1 is 1.06 bits per heavy atom. The van der Waals surface area contributed by atoms with Crippen LogP contribution < -0.4 is 20.9 Å². The van der Waals surface area contributed by atoms with Gasteiger partial charge in [0.05, 0.1) is 6.04 Å². The number of amides is 3. The zero-order chi connectivity index (χ0) is 23.0. The zero-order valence-electron chi connectivity index (χ0n) is 19.2. The highest BCUT2D eigenvalue weighted by Crippen LogP contribution is 2.30. The average Bonchev–Trinajstić information content (AvgIpc) is 3.69. The summed E-state index contributed by atoms with van der Waals surface area (Å²) in [5, 5.41) is 8.86. The lowest BCUT2D eigenvalue weighted by Gasteiger charge is -2.34. The van der Waals surface area contributed by atoms with Gasteiger partial charge in [-0.1, -0.05) is 12.1 Å². The van der Waals surface area contributed by atoms with Crippen LogP contribution in [0.4, 0.5) is 16.4 Å². The van der Waals surface area contributed by atoms with Crippen molar-refractivity contribution in [3.8, 4) is 0 Å². The molecular weight excluding hydrogens is 418 g/mol. The molecule has 0 spiro atoms. The number of carbonyl (C=O) groups is 2. The van der Waals surface area contributed by atoms with Crippen molar-refractivity contribution in [3.63, 3.8) is 0 Å². The van der Waals surface area contributed by atoms with Crippen molar-refractivity contribution in [3.05, 3.63) is 48.3 Å². The van der Waals surface area contributed by atoms with Gasteiger partial charge in [-0.15, -0.1) is 0 Å². The summed E-state index contributed by atoms with van der Waals surface area (Å²) in [5.41, 5.74) is 1.79. The number of urea groups is 1. The van der Waals surface area contributed by atoms with Gasteiger partial charge in [-0.25, -0.2) is 14.8 Å². The van der Waals surface area contributed by atoms with Crippen molar-refractivity contribution in [1.82, 2.24) is 25.5 Å². The van der Waals surface area contributed by atoms with Crippen LogP contribution in [0.2, 0.25) is 0 Å². The minimum Gasteiger partial charge on any atom is -0.338 e. The number of hydrogen-bond acceptors (Lipinski definition) is 6. The summed E-state index contributed by atoms with van der Waals surface area (Å²) in [6.07, 6.45) is 6.42. The van der Waals surface area contributed by atoms with Gasteiger partial charge in [0.2, 0.25) is 11.9 Å². The molecule has 1 atom stereocenters. The van der Waals surface area contributed by atoms with E-state index in [1.165, 1.54) is 0 Å². The number of carbonyl (C=O) groups excluding carboxylic acids is 2. The second kappa shape index (κ2) is 11.1. The van der Waals surface area contributed by atoms with Crippen LogP contribution in [0.3, 0.4) is 0 Å². The largest absolute Gasteiger partial charge is 0.338 e. The van der Waals surface area contributed by atoms with Gasteiger partial charge in [-0.2, -0.15) is 0 Å². The molecule has 2 aromatic rings. The number of piperazine rings is 1. The molecule has 1 saturated heterocycles. The molecule has 1 unspecified atom stereocenters. The van der Waals surface area contributed by atoms with Crippen molar-refractivity contribution in [1.29, 1.82) is 0 Å². The van der Waals surface area contributed by atoms with Crippen molar-refractivity contribution in [2.24, 2.45) is 5.92 Å². The molecule has 9 heteroatoms. The lowest BCUT2D eigenvalue weighted by molar-refractivity contribution is -0.117. The Morgan fingerprint density at radius 2 is 1.76 bits per heavy atom. The lowest BCUT2D eigenvalue weighted by atomic mass is 10.1. The van der Waals surface area contributed by atoms with Gasteiger partial charge in [0, 0.05) is 56.7 Å². The maximum Gasteiger partial charge on any atom is 0.315 e. The molecule has 1 aromatic carbocycles. The number of rotatable bonds is 9. The van der Waals surface area contributed by atoms with Gasteiger partial charge in [0.15, 0.2) is 0 Å². The van der Waals surface area contributed by atoms with Crippen LogP contribution in [0.15, 0.2) is 42.7 Å². The smallest absolute Gasteiger partial charge is 0.315 e. The molecule has 176 valence electrons. The minimum absolute atomic E-state index is 0.0976. The Labute approximate surface area is 195 Å². The SMILES string of the molecule is CC(NC(=O)NCCCN1CCN(c2ncccn2)CC1)c1ccc(NC(=O)C2CC2)cc1. The highest BCUT2D eigenvalue weighted by molar-refractivity contribution is 5.94. The number of aromatic nitrogens is 2. The van der Waals surface area contributed by atoms with E-state index in [0.717, 1.165) is 69.2 Å². The number of nitrogens with one attached hydrogen (secondary N) is 3. The number of anilines is 2. The summed E-state index contributed by atoms with van der Waals surface area (Å²) in [7, 11) is 0. The van der Waals surface area contributed by atoms with E-state index in [1.807, 2.05) is 37.3 Å². The third-order valence-electron chi connectivity index (χ3n) is 6.12. The summed E-state index contributed by atoms with van der Waals surface area (Å²) in [6.45, 7) is 7.31. The molecule has 3 N–H and O–H groups in total. The van der Waals surface area contributed by atoms with E-state index in [9.17, 15) is 9.59 Å². The van der Waals surface area contributed by atoms with Crippen LogP contribution in [0.5, 0.6) is 0 Å². The summed E-state index contributed by atoms with van der Waals surface area (Å²) in [5.74, 6) is 1.07. The second-order valence-electron chi connectivity index (χ2n) is 8.74. The van der Waals surface area contributed by atoms with Crippen molar-refractivity contribution in [2.75, 3.05) is 49.5 Å². The van der Waals surface area contributed by atoms with Gasteiger partial charge in [-0.3, -0.25) is 9.69 Å². The molecule has 33 heavy (non-hydrogen) atoms. The van der Waals surface area contributed by atoms with E-state index in [4.69, 9.17) is 0 Å². The van der Waals surface area contributed by atoms with Crippen LogP contribution in [0, 0.1) is 5.92 Å². The van der Waals surface area contributed by atoms with E-state index in [0.29, 0.717) is 6.54 Å². The summed E-state index contributed by atoms with van der Waals surface area (Å²) < 4.78 is 0. The Bertz CT molecular complexity index is 910. The summed E-state index contributed by atoms with van der Waals surface area (Å²) >= 11 is 0. The van der Waals surface area contributed by atoms with Gasteiger partial charge < -0.3 is 20.9 Å². The van der Waals surface area contributed by atoms with Crippen molar-refractivity contribution in [2.45, 2.75) is 32.2 Å². The molecule has 2 fully saturated rings. The Hall–Kier alpha value is -3.20. The molecule has 9 nitrogen and oxygen atoms in total. The highest BCUT2D eigenvalue weighted by atomic mass is 16.2. The Morgan fingerprint density at radius 3 is 2.42 bits per heavy atom. The fourth-order valence-electron chi connectivity index (χ4n) is 3.91. The molecule has 2 aliphatic rings. The van der Waals surface area contributed by atoms with E-state index < -0.39 is 0 Å². The Kier molecular flexibility index (Phi) is 7.72. The minimum atomic E-state index is -0.167. The Balaban J connectivity index is 1.10. The second-order valence-corrected chi connectivity index (χ2v) is 8.74. The van der Waals surface area contributed by atoms with Gasteiger partial charge >= 0.3 is 6.03 Å². The van der Waals surface area contributed by atoms with Gasteiger partial charge in [0.1, 0.15) is 0 Å². The predicted octanol–water partition coefficient (Wildman–Crippen LogP) is 2.40. The quantitative estimate of drug-likeness (QED) is 0.506. The highest BCUT2D eigenvalue weighted by Gasteiger charge is 2.29. The van der Waals surface area contributed by atoms with Crippen LogP contribution >= 0.6 is 0 Å². The van der Waals surface area contributed by atoms with Crippen LogP contribution in [0.1, 0.15) is 37.8 Å². The van der Waals surface area contributed by atoms with E-state index in [1.54, 1.807) is 12.4 Å². The maximum atomic E-state index is 12.3. The summed E-state index contributed by atoms with van der Waals surface area (Å²) in [4.78, 5) is 37.4. The normalized spacial score (nSPS) is 17.3. The standard InChI is InChI=1S/C24H33N7O2/c1-18(19-6-8-21(9-7-19)29-22(32)20-4-5-20)28-24(33)27-12-3-13-30-14-16-31(17-15-30)23-25-10-2-11-26-23/h2,6-11,18,20H,3-5,12-17H2,1H3,(H,29,32)(H2,27,28,33). The first-order valence-corrected chi connectivity index (χ1v) is 11.8. The molecule has 1 aliphatic heterocycles. The topological polar surface area (TPSA) is 102 Å². The van der Waals surface area contributed by atoms with E-state index >= 15 is 0 Å². The number of benzene rings is 1. The van der Waals surface area contributed by atoms with E-state index in [2.05, 4.69) is 35.7 Å². The molecule has 0 radical (unpaired) electrons. The third-order valence-corrected chi connectivity index (χ3v) is 6.12. The van der Waals surface area contributed by atoms with Gasteiger partial charge in [0.25, 0.3) is 0 Å². The molecule has 1 aromatic heterocycles. The molecular formula is C24H33N7O2. The molecule has 0 bridgehead atoms. The molecule has 1 aliphatic carbocycles. The van der Waals surface area contributed by atoms with Crippen molar-refractivity contribution < 1.29 is 9.59 Å². The molecule has 1 saturated carbocycles. The first kappa shape index (κ1) is 23.0. The third kappa shape index (κ3) is 6.89. The van der Waals surface area contributed by atoms with Crippen LogP contribution in [-0.4, -0.2) is 66.1 Å². The molecule has 3 amide bonds. The van der Waals surface area contributed by atoms with Crippen LogP contribution in [0.25, 0.3) is 0 Å². The van der Waals surface area contributed by atoms with Gasteiger partial charge in [-0.05, 0) is 56.5 Å². The fraction of sp³-hybridized carbons (Fsp3) is 0.500. The monoisotopic (exact) mass is 451 g/mol. The zero-order valence-corrected chi connectivity index (χ0v) is 19.2. The maximum absolute atomic E-state index is 12.3. The number of hydrogen-bond donors (Lipinski definition) is 3. The molecule has 4 rings (SSSR count). The number of nitrogens with zero attached hydrogens (tertiary/aromatic N) is 4. The first-order valence-electron chi connectivity index (χ1n) is 11.8. The lowest BCUT2D eigenvalue weighted by Crippen LogP contribution is -2.47. The fourth-order valence-corrected chi connectivity index (χ4v) is 3.91. The summed E-state index contributed by atoms with van der Waals surface area (Å²) in [6, 6.07) is 9.19.